The second kappa shape index (κ2) is 5.69. The van der Waals surface area contributed by atoms with Crippen LogP contribution in [0.1, 0.15) is 11.5 Å². The Morgan fingerprint density at radius 2 is 1.95 bits per heavy atom. The quantitative estimate of drug-likeness (QED) is 0.492. The summed E-state index contributed by atoms with van der Waals surface area (Å²) in [4.78, 5) is 9.32. The maximum absolute atomic E-state index is 5.92. The van der Waals surface area contributed by atoms with E-state index < -0.39 is 0 Å². The number of para-hydroxylation sites is 1. The van der Waals surface area contributed by atoms with Crippen molar-refractivity contribution in [2.24, 2.45) is 0 Å². The number of halogens is 2. The molecule has 0 bridgehead atoms. The molecule has 0 aliphatic heterocycles. The summed E-state index contributed by atoms with van der Waals surface area (Å²) in [5.41, 5.74) is 3.90. The van der Waals surface area contributed by atoms with Crippen LogP contribution in [0.2, 0.25) is 0 Å². The molecule has 0 aliphatic rings. The number of pyridine rings is 1. The Labute approximate surface area is 136 Å². The lowest BCUT2D eigenvalue weighted by atomic mass is 10.3. The lowest BCUT2D eigenvalue weighted by Gasteiger charge is -2.10. The van der Waals surface area contributed by atoms with Crippen molar-refractivity contribution in [2.45, 2.75) is 13.3 Å². The molecule has 0 radical (unpaired) electrons. The van der Waals surface area contributed by atoms with E-state index in [-0.39, 0.29) is 0 Å². The number of aromatic nitrogens is 3. The van der Waals surface area contributed by atoms with Crippen molar-refractivity contribution in [3.05, 3.63) is 51.5 Å². The zero-order valence-corrected chi connectivity index (χ0v) is 13.9. The van der Waals surface area contributed by atoms with Gasteiger partial charge in [0.1, 0.15) is 11.3 Å². The number of hydrogen-bond acceptors (Lipinski definition) is 2. The molecule has 0 unspecified atom stereocenters. The van der Waals surface area contributed by atoms with E-state index in [1.807, 2.05) is 31.2 Å². The summed E-state index contributed by atoms with van der Waals surface area (Å²) in [7, 11) is 0. The molecular weight excluding hydrogens is 385 g/mol. The maximum atomic E-state index is 5.92. The topological polar surface area (TPSA) is 30.7 Å². The smallest absolute Gasteiger partial charge is 0.164 e. The van der Waals surface area contributed by atoms with Crippen LogP contribution >= 0.6 is 34.2 Å². The van der Waals surface area contributed by atoms with E-state index in [1.54, 1.807) is 0 Å². The van der Waals surface area contributed by atoms with Gasteiger partial charge in [0.2, 0.25) is 0 Å². The van der Waals surface area contributed by atoms with Crippen molar-refractivity contribution >= 4 is 45.4 Å². The molecule has 2 aromatic heterocycles. The third-order valence-corrected chi connectivity index (χ3v) is 4.23. The van der Waals surface area contributed by atoms with Crippen LogP contribution in [0, 0.1) is 10.5 Å². The Bertz CT molecular complexity index is 767. The van der Waals surface area contributed by atoms with Gasteiger partial charge in [-0.05, 0) is 53.8 Å². The minimum atomic E-state index is 0.547. The third kappa shape index (κ3) is 2.42. The number of fused-ring (bicyclic) bond motifs is 1. The molecule has 5 heteroatoms. The molecule has 0 saturated heterocycles. The highest BCUT2D eigenvalue weighted by Gasteiger charge is 2.15. The monoisotopic (exact) mass is 397 g/mol. The van der Waals surface area contributed by atoms with E-state index in [1.165, 1.54) is 3.57 Å². The Morgan fingerprint density at radius 3 is 2.70 bits per heavy atom. The molecule has 3 rings (SSSR count). The number of aryl methyl sites for hydroxylation is 2. The molecule has 2 heterocycles. The highest BCUT2D eigenvalue weighted by molar-refractivity contribution is 14.1. The van der Waals surface area contributed by atoms with Crippen LogP contribution < -0.4 is 0 Å². The predicted octanol–water partition coefficient (Wildman–Crippen LogP) is 4.11. The van der Waals surface area contributed by atoms with Crippen molar-refractivity contribution in [2.75, 3.05) is 5.88 Å². The molecule has 3 aromatic rings. The second-order valence-electron chi connectivity index (χ2n) is 4.55. The van der Waals surface area contributed by atoms with Gasteiger partial charge in [-0.2, -0.15) is 0 Å². The van der Waals surface area contributed by atoms with E-state index in [9.17, 15) is 0 Å². The SMILES string of the molecule is Cc1ccc2nc(CCCl)n(-c3ccccc3I)c2n1. The van der Waals surface area contributed by atoms with Gasteiger partial charge in [0, 0.05) is 21.6 Å². The fraction of sp³-hybridized carbons (Fsp3) is 0.200. The molecule has 1 aromatic carbocycles. The number of alkyl halides is 1. The number of imidazole rings is 1. The summed E-state index contributed by atoms with van der Waals surface area (Å²) in [5, 5.41) is 0. The molecule has 0 aliphatic carbocycles. The molecule has 0 spiro atoms. The van der Waals surface area contributed by atoms with Gasteiger partial charge in [0.15, 0.2) is 5.65 Å². The minimum absolute atomic E-state index is 0.547. The van der Waals surface area contributed by atoms with Gasteiger partial charge in [-0.25, -0.2) is 9.97 Å². The predicted molar refractivity (Wildman–Crippen MR) is 90.7 cm³/mol. The lowest BCUT2D eigenvalue weighted by Crippen LogP contribution is -2.04. The number of benzene rings is 1. The van der Waals surface area contributed by atoms with Crippen molar-refractivity contribution in [3.8, 4) is 5.69 Å². The zero-order chi connectivity index (χ0) is 14.1. The first kappa shape index (κ1) is 13.8. The first-order valence-electron chi connectivity index (χ1n) is 6.36. The average molecular weight is 398 g/mol. The summed E-state index contributed by atoms with van der Waals surface area (Å²) >= 11 is 8.26. The van der Waals surface area contributed by atoms with E-state index in [0.717, 1.165) is 34.8 Å². The number of rotatable bonds is 3. The summed E-state index contributed by atoms with van der Waals surface area (Å²) in [5.74, 6) is 1.50. The Balaban J connectivity index is 2.34. The fourth-order valence-electron chi connectivity index (χ4n) is 2.24. The van der Waals surface area contributed by atoms with Gasteiger partial charge in [-0.3, -0.25) is 4.57 Å². The largest absolute Gasteiger partial charge is 0.280 e. The van der Waals surface area contributed by atoms with Crippen molar-refractivity contribution in [1.29, 1.82) is 0 Å². The zero-order valence-electron chi connectivity index (χ0n) is 11.0. The normalized spacial score (nSPS) is 11.2. The van der Waals surface area contributed by atoms with Crippen LogP contribution in [-0.4, -0.2) is 20.4 Å². The minimum Gasteiger partial charge on any atom is -0.280 e. The first-order valence-corrected chi connectivity index (χ1v) is 7.98. The molecule has 0 N–H and O–H groups in total. The van der Waals surface area contributed by atoms with Gasteiger partial charge in [-0.1, -0.05) is 12.1 Å². The Kier molecular flexibility index (Phi) is 3.94. The Hall–Kier alpha value is -1.14. The standard InChI is InChI=1S/C15H13ClIN3/c1-10-6-7-12-15(18-10)20(14(19-12)8-9-16)13-5-3-2-4-11(13)17/h2-7H,8-9H2,1H3. The van der Waals surface area contributed by atoms with Crippen molar-refractivity contribution in [3.63, 3.8) is 0 Å². The molecule has 0 fully saturated rings. The molecule has 0 saturated carbocycles. The van der Waals surface area contributed by atoms with Gasteiger partial charge in [-0.15, -0.1) is 11.6 Å². The van der Waals surface area contributed by atoms with Crippen LogP contribution in [0.5, 0.6) is 0 Å². The van der Waals surface area contributed by atoms with Crippen LogP contribution in [0.4, 0.5) is 0 Å². The molecule has 102 valence electrons. The van der Waals surface area contributed by atoms with Crippen LogP contribution in [0.25, 0.3) is 16.9 Å². The van der Waals surface area contributed by atoms with E-state index >= 15 is 0 Å². The number of nitrogens with zero attached hydrogens (tertiary/aromatic N) is 3. The first-order chi connectivity index (χ1) is 9.70. The summed E-state index contributed by atoms with van der Waals surface area (Å²) in [6, 6.07) is 12.2. The molecule has 0 amide bonds. The van der Waals surface area contributed by atoms with Gasteiger partial charge in [0.25, 0.3) is 0 Å². The van der Waals surface area contributed by atoms with Crippen molar-refractivity contribution < 1.29 is 0 Å². The summed E-state index contributed by atoms with van der Waals surface area (Å²) < 4.78 is 3.29. The van der Waals surface area contributed by atoms with Crippen LogP contribution in [0.3, 0.4) is 0 Å². The Morgan fingerprint density at radius 1 is 1.15 bits per heavy atom. The van der Waals surface area contributed by atoms with E-state index in [4.69, 9.17) is 11.6 Å². The van der Waals surface area contributed by atoms with Gasteiger partial charge in [0.05, 0.1) is 5.69 Å². The highest BCUT2D eigenvalue weighted by atomic mass is 127. The van der Waals surface area contributed by atoms with Crippen LogP contribution in [-0.2, 0) is 6.42 Å². The molecule has 3 nitrogen and oxygen atoms in total. The van der Waals surface area contributed by atoms with Crippen molar-refractivity contribution in [1.82, 2.24) is 14.5 Å². The van der Waals surface area contributed by atoms with E-state index in [2.05, 4.69) is 49.3 Å². The van der Waals surface area contributed by atoms with Crippen LogP contribution in [0.15, 0.2) is 36.4 Å². The fourth-order valence-corrected chi connectivity index (χ4v) is 3.03. The average Bonchev–Trinajstić information content (AvgIpc) is 2.77. The highest BCUT2D eigenvalue weighted by Crippen LogP contribution is 2.24. The summed E-state index contributed by atoms with van der Waals surface area (Å²) in [6.07, 6.45) is 0.724. The lowest BCUT2D eigenvalue weighted by molar-refractivity contribution is 0.901. The molecule has 20 heavy (non-hydrogen) atoms. The van der Waals surface area contributed by atoms with Gasteiger partial charge >= 0.3 is 0 Å². The van der Waals surface area contributed by atoms with Gasteiger partial charge < -0.3 is 0 Å². The second-order valence-corrected chi connectivity index (χ2v) is 6.09. The maximum Gasteiger partial charge on any atom is 0.164 e. The molecule has 0 atom stereocenters. The molecular formula is C15H13ClIN3. The van der Waals surface area contributed by atoms with E-state index in [0.29, 0.717) is 5.88 Å². The number of hydrogen-bond donors (Lipinski definition) is 0. The third-order valence-electron chi connectivity index (χ3n) is 3.12. The summed E-state index contributed by atoms with van der Waals surface area (Å²) in [6.45, 7) is 1.99.